The van der Waals surface area contributed by atoms with Gasteiger partial charge in [-0.05, 0) is 47.5 Å². The lowest BCUT2D eigenvalue weighted by Crippen LogP contribution is -2.59. The van der Waals surface area contributed by atoms with Crippen molar-refractivity contribution in [3.8, 4) is 0 Å². The maximum atomic E-state index is 14.2. The number of hydrogen-bond acceptors (Lipinski definition) is 6. The average molecular weight is 484 g/mol. The highest BCUT2D eigenvalue weighted by molar-refractivity contribution is 5.92. The van der Waals surface area contributed by atoms with E-state index in [0.717, 1.165) is 0 Å². The van der Waals surface area contributed by atoms with Gasteiger partial charge in [0.2, 0.25) is 0 Å². The standard InChI is InChI=1S/C23H32F3N5O3/c1-14-11-30(21(32)34-22(3,4)5)15(2)10-29(14)19-18-17(23(24,25)26)12-31(20(18)28-13-27-19)16-6-8-33-9-7-16/h12-16H,6-11H2,1-5H3/t14-,15+/m0/s1. The summed E-state index contributed by atoms with van der Waals surface area (Å²) in [7, 11) is 0. The monoisotopic (exact) mass is 483 g/mol. The van der Waals surface area contributed by atoms with Crippen molar-refractivity contribution in [2.75, 3.05) is 31.2 Å². The Morgan fingerprint density at radius 3 is 2.38 bits per heavy atom. The topological polar surface area (TPSA) is 72.7 Å². The van der Waals surface area contributed by atoms with E-state index in [-0.39, 0.29) is 35.0 Å². The first-order valence-corrected chi connectivity index (χ1v) is 11.6. The van der Waals surface area contributed by atoms with Gasteiger partial charge in [0.05, 0.1) is 10.9 Å². The lowest BCUT2D eigenvalue weighted by atomic mass is 10.1. The molecule has 2 atom stereocenters. The van der Waals surface area contributed by atoms with Crippen LogP contribution in [0.3, 0.4) is 0 Å². The highest BCUT2D eigenvalue weighted by Crippen LogP contribution is 2.42. The molecule has 0 N–H and O–H groups in total. The van der Waals surface area contributed by atoms with Crippen molar-refractivity contribution >= 4 is 22.9 Å². The zero-order valence-electron chi connectivity index (χ0n) is 20.2. The zero-order valence-corrected chi connectivity index (χ0v) is 20.2. The maximum absolute atomic E-state index is 14.2. The van der Waals surface area contributed by atoms with Crippen LogP contribution in [0.2, 0.25) is 0 Å². The number of halogens is 3. The normalized spacial score (nSPS) is 22.9. The largest absolute Gasteiger partial charge is 0.444 e. The number of aromatic nitrogens is 3. The summed E-state index contributed by atoms with van der Waals surface area (Å²) < 4.78 is 55.0. The quantitative estimate of drug-likeness (QED) is 0.620. The van der Waals surface area contributed by atoms with Crippen LogP contribution in [0.15, 0.2) is 12.5 Å². The Kier molecular flexibility index (Phi) is 6.43. The molecule has 0 saturated carbocycles. The molecule has 2 aromatic rings. The van der Waals surface area contributed by atoms with Crippen LogP contribution in [0.1, 0.15) is 59.1 Å². The van der Waals surface area contributed by atoms with E-state index in [1.54, 1.807) is 30.2 Å². The van der Waals surface area contributed by atoms with Gasteiger partial charge in [-0.1, -0.05) is 0 Å². The number of carbonyl (C=O) groups excluding carboxylic acids is 1. The molecule has 8 nitrogen and oxygen atoms in total. The molecule has 2 aromatic heterocycles. The molecule has 4 rings (SSSR count). The highest BCUT2D eigenvalue weighted by atomic mass is 19.4. The molecule has 2 saturated heterocycles. The number of carbonyl (C=O) groups is 1. The Morgan fingerprint density at radius 2 is 1.76 bits per heavy atom. The Hall–Kier alpha value is -2.56. The van der Waals surface area contributed by atoms with Crippen LogP contribution >= 0.6 is 0 Å². The molecular weight excluding hydrogens is 451 g/mol. The fraction of sp³-hybridized carbons (Fsp3) is 0.696. The molecule has 2 aliphatic rings. The number of fused-ring (bicyclic) bond motifs is 1. The molecule has 2 fully saturated rings. The van der Waals surface area contributed by atoms with Crippen LogP contribution in [0.5, 0.6) is 0 Å². The van der Waals surface area contributed by atoms with Crippen molar-refractivity contribution in [1.82, 2.24) is 19.4 Å². The maximum Gasteiger partial charge on any atom is 0.418 e. The number of hydrogen-bond donors (Lipinski definition) is 0. The van der Waals surface area contributed by atoms with Gasteiger partial charge in [0.15, 0.2) is 0 Å². The molecule has 0 unspecified atom stereocenters. The second kappa shape index (κ2) is 8.90. The van der Waals surface area contributed by atoms with Crippen molar-refractivity contribution in [2.24, 2.45) is 0 Å². The molecule has 0 bridgehead atoms. The summed E-state index contributed by atoms with van der Waals surface area (Å²) in [6.07, 6.45) is -1.23. The van der Waals surface area contributed by atoms with Gasteiger partial charge < -0.3 is 23.8 Å². The van der Waals surface area contributed by atoms with E-state index >= 15 is 0 Å². The fourth-order valence-corrected chi connectivity index (χ4v) is 4.74. The number of nitrogens with zero attached hydrogens (tertiary/aromatic N) is 5. The lowest BCUT2D eigenvalue weighted by Gasteiger charge is -2.44. The van der Waals surface area contributed by atoms with Gasteiger partial charge in [0.1, 0.15) is 23.4 Å². The minimum absolute atomic E-state index is 0.00580. The first-order chi connectivity index (χ1) is 15.9. The van der Waals surface area contributed by atoms with Gasteiger partial charge in [-0.25, -0.2) is 14.8 Å². The predicted molar refractivity (Wildman–Crippen MR) is 121 cm³/mol. The molecule has 2 aliphatic heterocycles. The van der Waals surface area contributed by atoms with Gasteiger partial charge in [-0.3, -0.25) is 0 Å². The Labute approximate surface area is 197 Å². The third kappa shape index (κ3) is 4.80. The number of piperazine rings is 1. The van der Waals surface area contributed by atoms with Crippen LogP contribution in [0, 0.1) is 0 Å². The number of rotatable bonds is 2. The van der Waals surface area contributed by atoms with Crippen LogP contribution in [0.4, 0.5) is 23.8 Å². The minimum atomic E-state index is -4.55. The molecule has 0 aromatic carbocycles. The Balaban J connectivity index is 1.72. The summed E-state index contributed by atoms with van der Waals surface area (Å²) in [6, 6.07) is -0.659. The molecule has 0 aliphatic carbocycles. The molecule has 0 spiro atoms. The minimum Gasteiger partial charge on any atom is -0.444 e. The molecule has 4 heterocycles. The van der Waals surface area contributed by atoms with Crippen molar-refractivity contribution in [3.63, 3.8) is 0 Å². The van der Waals surface area contributed by atoms with Crippen LogP contribution in [0.25, 0.3) is 11.0 Å². The summed E-state index contributed by atoms with van der Waals surface area (Å²) in [4.78, 5) is 24.8. The second-order valence-electron chi connectivity index (χ2n) is 10.2. The van der Waals surface area contributed by atoms with Gasteiger partial charge in [-0.15, -0.1) is 0 Å². The predicted octanol–water partition coefficient (Wildman–Crippen LogP) is 4.64. The number of anilines is 1. The summed E-state index contributed by atoms with van der Waals surface area (Å²) in [5.74, 6) is 0.242. The van der Waals surface area contributed by atoms with Gasteiger partial charge in [0, 0.05) is 50.6 Å². The summed E-state index contributed by atoms with van der Waals surface area (Å²) in [5.41, 5.74) is -1.09. The number of amides is 1. The molecule has 11 heteroatoms. The van der Waals surface area contributed by atoms with E-state index < -0.39 is 23.4 Å². The van der Waals surface area contributed by atoms with Crippen LogP contribution < -0.4 is 4.90 Å². The highest BCUT2D eigenvalue weighted by Gasteiger charge is 2.41. The van der Waals surface area contributed by atoms with E-state index in [1.165, 1.54) is 12.5 Å². The summed E-state index contributed by atoms with van der Waals surface area (Å²) >= 11 is 0. The fourth-order valence-electron chi connectivity index (χ4n) is 4.74. The third-order valence-corrected chi connectivity index (χ3v) is 6.36. The Bertz CT molecular complexity index is 1040. The second-order valence-corrected chi connectivity index (χ2v) is 10.2. The van der Waals surface area contributed by atoms with Gasteiger partial charge >= 0.3 is 12.3 Å². The Morgan fingerprint density at radius 1 is 1.09 bits per heavy atom. The third-order valence-electron chi connectivity index (χ3n) is 6.36. The molecular formula is C23H32F3N5O3. The van der Waals surface area contributed by atoms with Gasteiger partial charge in [0.25, 0.3) is 0 Å². The molecule has 188 valence electrons. The SMILES string of the molecule is C[C@@H]1CN(c2ncnc3c2c(C(F)(F)F)cn3C2CCOCC2)[C@@H](C)CN1C(=O)OC(C)(C)C. The number of ether oxygens (including phenoxy) is 2. The van der Waals surface area contributed by atoms with Gasteiger partial charge in [-0.2, -0.15) is 13.2 Å². The lowest BCUT2D eigenvalue weighted by molar-refractivity contribution is -0.136. The van der Waals surface area contributed by atoms with E-state index in [2.05, 4.69) is 9.97 Å². The van der Waals surface area contributed by atoms with Crippen LogP contribution in [-0.4, -0.2) is 69.5 Å². The van der Waals surface area contributed by atoms with Crippen molar-refractivity contribution in [1.29, 1.82) is 0 Å². The van der Waals surface area contributed by atoms with E-state index in [9.17, 15) is 18.0 Å². The van der Waals surface area contributed by atoms with Crippen molar-refractivity contribution < 1.29 is 27.4 Å². The first kappa shape index (κ1) is 24.6. The molecule has 34 heavy (non-hydrogen) atoms. The van der Waals surface area contributed by atoms with Crippen LogP contribution in [-0.2, 0) is 15.7 Å². The summed E-state index contributed by atoms with van der Waals surface area (Å²) in [6.45, 7) is 10.8. The summed E-state index contributed by atoms with van der Waals surface area (Å²) in [5, 5.41) is 0.00580. The first-order valence-electron chi connectivity index (χ1n) is 11.6. The smallest absolute Gasteiger partial charge is 0.418 e. The van der Waals surface area contributed by atoms with E-state index in [4.69, 9.17) is 9.47 Å². The van der Waals surface area contributed by atoms with Crippen molar-refractivity contribution in [3.05, 3.63) is 18.1 Å². The number of alkyl halides is 3. The molecule has 0 radical (unpaired) electrons. The average Bonchev–Trinajstić information content (AvgIpc) is 3.15. The van der Waals surface area contributed by atoms with E-state index in [1.807, 2.05) is 18.7 Å². The zero-order chi connectivity index (χ0) is 24.8. The molecule has 1 amide bonds. The van der Waals surface area contributed by atoms with E-state index in [0.29, 0.717) is 39.1 Å². The van der Waals surface area contributed by atoms with Crippen molar-refractivity contribution in [2.45, 2.75) is 77.4 Å².